The van der Waals surface area contributed by atoms with Crippen molar-refractivity contribution in [3.8, 4) is 5.75 Å². The van der Waals surface area contributed by atoms with Gasteiger partial charge in [-0.2, -0.15) is 4.98 Å². The van der Waals surface area contributed by atoms with Gasteiger partial charge in [0, 0.05) is 37.3 Å². The van der Waals surface area contributed by atoms with E-state index in [1.165, 1.54) is 0 Å². The van der Waals surface area contributed by atoms with Crippen molar-refractivity contribution in [2.45, 2.75) is 19.9 Å². The molecule has 0 spiro atoms. The van der Waals surface area contributed by atoms with Crippen LogP contribution in [0, 0.1) is 0 Å². The summed E-state index contributed by atoms with van der Waals surface area (Å²) in [4.78, 5) is 9.29. The van der Waals surface area contributed by atoms with Crippen LogP contribution in [0.15, 0.2) is 48.5 Å². The lowest BCUT2D eigenvalue weighted by molar-refractivity contribution is 0.147. The van der Waals surface area contributed by atoms with Crippen molar-refractivity contribution >= 4 is 22.7 Å². The highest BCUT2D eigenvalue weighted by molar-refractivity contribution is 5.90. The molecule has 6 nitrogen and oxygen atoms in total. The summed E-state index contributed by atoms with van der Waals surface area (Å²) in [5.41, 5.74) is 1.98. The maximum atomic E-state index is 5.43. The Hall–Kier alpha value is -2.86. The van der Waals surface area contributed by atoms with E-state index in [0.717, 1.165) is 54.2 Å². The average molecular weight is 366 g/mol. The van der Waals surface area contributed by atoms with E-state index in [4.69, 9.17) is 9.47 Å². The predicted molar refractivity (Wildman–Crippen MR) is 109 cm³/mol. The van der Waals surface area contributed by atoms with E-state index in [1.807, 2.05) is 55.5 Å². The van der Waals surface area contributed by atoms with E-state index in [-0.39, 0.29) is 0 Å². The first-order valence-electron chi connectivity index (χ1n) is 9.26. The largest absolute Gasteiger partial charge is 0.496 e. The minimum Gasteiger partial charge on any atom is -0.496 e. The lowest BCUT2D eigenvalue weighted by atomic mass is 10.2. The highest BCUT2D eigenvalue weighted by Crippen LogP contribution is 2.24. The summed E-state index contributed by atoms with van der Waals surface area (Å²) in [7, 11) is 1.68. The van der Waals surface area contributed by atoms with Crippen LogP contribution in [-0.4, -0.2) is 36.8 Å². The molecule has 0 bridgehead atoms. The zero-order chi connectivity index (χ0) is 18.9. The number of hydrogen-bond acceptors (Lipinski definition) is 6. The Morgan fingerprint density at radius 1 is 0.963 bits per heavy atom. The number of methoxy groups -OCH3 is 1. The molecule has 0 saturated carbocycles. The number of fused-ring (bicyclic) bond motifs is 1. The van der Waals surface area contributed by atoms with Crippen LogP contribution in [0.1, 0.15) is 18.9 Å². The standard InChI is InChI=1S/C21H26N4O2/c1-3-27-14-8-13-22-21-24-18-11-6-5-10-17(18)20(25-21)23-15-16-9-4-7-12-19(16)26-2/h4-7,9-12H,3,8,13-15H2,1-2H3,(H2,22,23,24,25). The first-order valence-corrected chi connectivity index (χ1v) is 9.26. The van der Waals surface area contributed by atoms with Crippen molar-refractivity contribution in [3.05, 3.63) is 54.1 Å². The van der Waals surface area contributed by atoms with Gasteiger partial charge in [0.1, 0.15) is 11.6 Å². The number of anilines is 2. The number of para-hydroxylation sites is 2. The number of ether oxygens (including phenoxy) is 2. The Labute approximate surface area is 159 Å². The van der Waals surface area contributed by atoms with Crippen molar-refractivity contribution in [1.29, 1.82) is 0 Å². The van der Waals surface area contributed by atoms with Gasteiger partial charge in [-0.25, -0.2) is 4.98 Å². The summed E-state index contributed by atoms with van der Waals surface area (Å²) in [6.45, 7) is 4.86. The van der Waals surface area contributed by atoms with Gasteiger partial charge in [0.25, 0.3) is 0 Å². The topological polar surface area (TPSA) is 68.3 Å². The number of nitrogens with zero attached hydrogens (tertiary/aromatic N) is 2. The van der Waals surface area contributed by atoms with Crippen LogP contribution < -0.4 is 15.4 Å². The molecule has 0 aliphatic heterocycles. The van der Waals surface area contributed by atoms with E-state index in [1.54, 1.807) is 7.11 Å². The third-order valence-corrected chi connectivity index (χ3v) is 4.19. The van der Waals surface area contributed by atoms with Gasteiger partial charge in [-0.15, -0.1) is 0 Å². The second kappa shape index (κ2) is 9.73. The molecule has 2 N–H and O–H groups in total. The molecule has 0 atom stereocenters. The lowest BCUT2D eigenvalue weighted by Crippen LogP contribution is -2.10. The molecular weight excluding hydrogens is 340 g/mol. The Kier molecular flexibility index (Phi) is 6.82. The van der Waals surface area contributed by atoms with E-state index in [2.05, 4.69) is 20.6 Å². The molecule has 0 radical (unpaired) electrons. The van der Waals surface area contributed by atoms with Gasteiger partial charge in [0.15, 0.2) is 0 Å². The third-order valence-electron chi connectivity index (χ3n) is 4.19. The molecule has 0 saturated heterocycles. The summed E-state index contributed by atoms with van der Waals surface area (Å²) in [6, 6.07) is 16.0. The molecule has 0 unspecified atom stereocenters. The highest BCUT2D eigenvalue weighted by atomic mass is 16.5. The molecule has 2 aromatic carbocycles. The average Bonchev–Trinajstić information content (AvgIpc) is 2.72. The van der Waals surface area contributed by atoms with Gasteiger partial charge in [-0.05, 0) is 31.5 Å². The number of hydrogen-bond donors (Lipinski definition) is 2. The minimum absolute atomic E-state index is 0.618. The molecular formula is C21H26N4O2. The molecule has 0 aliphatic carbocycles. The molecule has 1 heterocycles. The van der Waals surface area contributed by atoms with Gasteiger partial charge < -0.3 is 20.1 Å². The predicted octanol–water partition coefficient (Wildman–Crippen LogP) is 4.09. The number of nitrogens with one attached hydrogen (secondary N) is 2. The lowest BCUT2D eigenvalue weighted by Gasteiger charge is -2.13. The fourth-order valence-corrected chi connectivity index (χ4v) is 2.84. The first kappa shape index (κ1) is 18.9. The number of rotatable bonds is 10. The molecule has 1 aromatic heterocycles. The van der Waals surface area contributed by atoms with Crippen LogP contribution >= 0.6 is 0 Å². The van der Waals surface area contributed by atoms with E-state index in [0.29, 0.717) is 12.5 Å². The SMILES string of the molecule is CCOCCCNc1nc(NCc2ccccc2OC)c2ccccc2n1. The Morgan fingerprint density at radius 2 is 1.78 bits per heavy atom. The summed E-state index contributed by atoms with van der Waals surface area (Å²) < 4.78 is 10.8. The summed E-state index contributed by atoms with van der Waals surface area (Å²) in [5.74, 6) is 2.28. The minimum atomic E-state index is 0.618. The quantitative estimate of drug-likeness (QED) is 0.527. The van der Waals surface area contributed by atoms with Gasteiger partial charge >= 0.3 is 0 Å². The summed E-state index contributed by atoms with van der Waals surface area (Å²) >= 11 is 0. The zero-order valence-corrected chi connectivity index (χ0v) is 15.9. The van der Waals surface area contributed by atoms with Crippen molar-refractivity contribution in [1.82, 2.24) is 9.97 Å². The van der Waals surface area contributed by atoms with Crippen molar-refractivity contribution < 1.29 is 9.47 Å². The van der Waals surface area contributed by atoms with Crippen LogP contribution in [0.4, 0.5) is 11.8 Å². The van der Waals surface area contributed by atoms with E-state index in [9.17, 15) is 0 Å². The highest BCUT2D eigenvalue weighted by Gasteiger charge is 2.08. The Balaban J connectivity index is 1.76. The van der Waals surface area contributed by atoms with E-state index < -0.39 is 0 Å². The van der Waals surface area contributed by atoms with Crippen LogP contribution in [0.2, 0.25) is 0 Å². The zero-order valence-electron chi connectivity index (χ0n) is 15.9. The van der Waals surface area contributed by atoms with Gasteiger partial charge in [0.05, 0.1) is 12.6 Å². The number of aromatic nitrogens is 2. The van der Waals surface area contributed by atoms with Crippen LogP contribution in [0.3, 0.4) is 0 Å². The van der Waals surface area contributed by atoms with Crippen molar-refractivity contribution in [2.75, 3.05) is 37.5 Å². The summed E-state index contributed by atoms with van der Waals surface area (Å²) in [6.07, 6.45) is 0.911. The molecule has 0 amide bonds. The molecule has 27 heavy (non-hydrogen) atoms. The third kappa shape index (κ3) is 5.08. The molecule has 0 aliphatic rings. The molecule has 6 heteroatoms. The second-order valence-corrected chi connectivity index (χ2v) is 6.06. The summed E-state index contributed by atoms with van der Waals surface area (Å²) in [5, 5.41) is 7.72. The second-order valence-electron chi connectivity index (χ2n) is 6.06. The maximum Gasteiger partial charge on any atom is 0.225 e. The smallest absolute Gasteiger partial charge is 0.225 e. The van der Waals surface area contributed by atoms with Gasteiger partial charge in [-0.3, -0.25) is 0 Å². The van der Waals surface area contributed by atoms with Crippen LogP contribution in [-0.2, 0) is 11.3 Å². The molecule has 0 fully saturated rings. The fraction of sp³-hybridized carbons (Fsp3) is 0.333. The fourth-order valence-electron chi connectivity index (χ4n) is 2.84. The number of benzene rings is 2. The monoisotopic (exact) mass is 366 g/mol. The Morgan fingerprint density at radius 3 is 2.63 bits per heavy atom. The van der Waals surface area contributed by atoms with Gasteiger partial charge in [0.2, 0.25) is 5.95 Å². The van der Waals surface area contributed by atoms with Gasteiger partial charge in [-0.1, -0.05) is 30.3 Å². The normalized spacial score (nSPS) is 10.7. The van der Waals surface area contributed by atoms with Crippen molar-refractivity contribution in [2.24, 2.45) is 0 Å². The van der Waals surface area contributed by atoms with E-state index >= 15 is 0 Å². The molecule has 142 valence electrons. The van der Waals surface area contributed by atoms with Crippen molar-refractivity contribution in [3.63, 3.8) is 0 Å². The Bertz CT molecular complexity index is 870. The first-order chi connectivity index (χ1) is 13.3. The van der Waals surface area contributed by atoms with Crippen LogP contribution in [0.25, 0.3) is 10.9 Å². The molecule has 3 rings (SSSR count). The van der Waals surface area contributed by atoms with Crippen LogP contribution in [0.5, 0.6) is 5.75 Å². The maximum absolute atomic E-state index is 5.43. The molecule has 3 aromatic rings.